The molecule has 9 heteroatoms. The highest BCUT2D eigenvalue weighted by Gasteiger charge is 2.32. The third-order valence-electron chi connectivity index (χ3n) is 4.36. The Morgan fingerprint density at radius 1 is 0.900 bits per heavy atom. The van der Waals surface area contributed by atoms with Gasteiger partial charge >= 0.3 is 11.8 Å². The average molecular weight is 447 g/mol. The molecule has 0 radical (unpaired) electrons. The van der Waals surface area contributed by atoms with Gasteiger partial charge in [0.1, 0.15) is 11.0 Å². The van der Waals surface area contributed by atoms with Gasteiger partial charge in [-0.2, -0.15) is 0 Å². The van der Waals surface area contributed by atoms with Gasteiger partial charge in [0.2, 0.25) is 0 Å². The number of hydrogen-bond acceptors (Lipinski definition) is 5. The van der Waals surface area contributed by atoms with Gasteiger partial charge in [-0.1, -0.05) is 48.0 Å². The lowest BCUT2D eigenvalue weighted by Crippen LogP contribution is -2.42. The van der Waals surface area contributed by atoms with Crippen LogP contribution in [-0.2, 0) is 26.0 Å². The molecular formula is C21H19ClN2O5S. The molecule has 1 heterocycles. The van der Waals surface area contributed by atoms with Crippen LogP contribution in [0.15, 0.2) is 82.3 Å². The van der Waals surface area contributed by atoms with E-state index in [-0.39, 0.29) is 23.7 Å². The van der Waals surface area contributed by atoms with Crippen LogP contribution in [0.1, 0.15) is 16.6 Å². The van der Waals surface area contributed by atoms with Gasteiger partial charge < -0.3 is 15.1 Å². The van der Waals surface area contributed by atoms with Crippen LogP contribution in [0.3, 0.4) is 0 Å². The van der Waals surface area contributed by atoms with Crippen LogP contribution in [0.4, 0.5) is 0 Å². The largest absolute Gasteiger partial charge is 0.468 e. The second-order valence-corrected chi connectivity index (χ2v) is 8.88. The van der Waals surface area contributed by atoms with Crippen LogP contribution >= 0.6 is 11.6 Å². The van der Waals surface area contributed by atoms with E-state index in [0.717, 1.165) is 0 Å². The summed E-state index contributed by atoms with van der Waals surface area (Å²) in [6.45, 7) is -0.265. The summed E-state index contributed by atoms with van der Waals surface area (Å²) in [6.07, 6.45) is 1.35. The molecule has 3 rings (SSSR count). The number of furan rings is 1. The van der Waals surface area contributed by atoms with E-state index < -0.39 is 26.9 Å². The van der Waals surface area contributed by atoms with E-state index in [2.05, 4.69) is 10.6 Å². The third kappa shape index (κ3) is 5.08. The molecular weight excluding hydrogens is 428 g/mol. The summed E-state index contributed by atoms with van der Waals surface area (Å²) in [5.41, 5.74) is 0.653. The summed E-state index contributed by atoms with van der Waals surface area (Å²) >= 11 is 6.03. The van der Waals surface area contributed by atoms with Crippen molar-refractivity contribution in [1.82, 2.24) is 10.6 Å². The molecule has 0 aliphatic carbocycles. The molecule has 0 spiro atoms. The van der Waals surface area contributed by atoms with Crippen LogP contribution in [0, 0.1) is 0 Å². The minimum Gasteiger partial charge on any atom is -0.468 e. The molecule has 3 aromatic rings. The van der Waals surface area contributed by atoms with Crippen molar-refractivity contribution >= 4 is 33.3 Å². The Bertz CT molecular complexity index is 1120. The van der Waals surface area contributed by atoms with Crippen LogP contribution in [-0.4, -0.2) is 26.8 Å². The maximum absolute atomic E-state index is 13.0. The highest BCUT2D eigenvalue weighted by molar-refractivity contribution is 7.91. The van der Waals surface area contributed by atoms with Gasteiger partial charge in [0.25, 0.3) is 0 Å². The molecule has 2 aromatic carbocycles. The highest BCUT2D eigenvalue weighted by Crippen LogP contribution is 2.28. The van der Waals surface area contributed by atoms with E-state index in [1.54, 1.807) is 48.5 Å². The summed E-state index contributed by atoms with van der Waals surface area (Å²) in [7, 11) is -3.86. The van der Waals surface area contributed by atoms with E-state index in [0.29, 0.717) is 10.6 Å². The molecule has 30 heavy (non-hydrogen) atoms. The van der Waals surface area contributed by atoms with Crippen LogP contribution in [0.2, 0.25) is 5.02 Å². The van der Waals surface area contributed by atoms with Crippen molar-refractivity contribution < 1.29 is 22.4 Å². The summed E-state index contributed by atoms with van der Waals surface area (Å²) < 4.78 is 31.3. The minimum atomic E-state index is -3.86. The van der Waals surface area contributed by atoms with E-state index in [1.807, 2.05) is 0 Å². The third-order valence-corrected chi connectivity index (χ3v) is 6.80. The van der Waals surface area contributed by atoms with Gasteiger partial charge in [-0.15, -0.1) is 0 Å². The molecule has 2 N–H and O–H groups in total. The fourth-order valence-corrected chi connectivity index (χ4v) is 4.59. The first-order valence-corrected chi connectivity index (χ1v) is 10.9. The lowest BCUT2D eigenvalue weighted by molar-refractivity contribution is -0.139. The van der Waals surface area contributed by atoms with Crippen molar-refractivity contribution in [2.45, 2.75) is 16.7 Å². The number of carbonyl (C=O) groups excluding carboxylic acids is 2. The van der Waals surface area contributed by atoms with E-state index in [9.17, 15) is 18.0 Å². The van der Waals surface area contributed by atoms with Crippen molar-refractivity contribution in [3.05, 3.63) is 89.3 Å². The maximum Gasteiger partial charge on any atom is 0.309 e. The number of sulfone groups is 1. The standard InChI is InChI=1S/C21H19ClN2O5S/c22-17-10-5-4-7-15(17)13-23-20(25)21(26)24-14-19(18-11-6-12-29-18)30(27,28)16-8-2-1-3-9-16/h1-12,19H,13-14H2,(H,23,25)(H,24,26)/t19-/m1/s1. The second kappa shape index (κ2) is 9.60. The van der Waals surface area contributed by atoms with Crippen molar-refractivity contribution in [2.75, 3.05) is 6.54 Å². The summed E-state index contributed by atoms with van der Waals surface area (Å²) in [4.78, 5) is 24.4. The molecule has 7 nitrogen and oxygen atoms in total. The summed E-state index contributed by atoms with van der Waals surface area (Å²) in [5.74, 6) is -1.69. The van der Waals surface area contributed by atoms with Gasteiger partial charge in [0, 0.05) is 18.1 Å². The van der Waals surface area contributed by atoms with E-state index >= 15 is 0 Å². The molecule has 0 bridgehead atoms. The Balaban J connectivity index is 1.68. The molecule has 0 aliphatic heterocycles. The van der Waals surface area contributed by atoms with Crippen molar-refractivity contribution in [1.29, 1.82) is 0 Å². The minimum absolute atomic E-state index is 0.0653. The predicted octanol–water partition coefficient (Wildman–Crippen LogP) is 2.88. The first-order valence-electron chi connectivity index (χ1n) is 9.01. The number of hydrogen-bond donors (Lipinski definition) is 2. The zero-order valence-electron chi connectivity index (χ0n) is 15.7. The van der Waals surface area contributed by atoms with E-state index in [4.69, 9.17) is 16.0 Å². The van der Waals surface area contributed by atoms with Crippen molar-refractivity contribution in [2.24, 2.45) is 0 Å². The van der Waals surface area contributed by atoms with Crippen LogP contribution in [0.5, 0.6) is 0 Å². The molecule has 0 aliphatic rings. The van der Waals surface area contributed by atoms with Crippen LogP contribution in [0.25, 0.3) is 0 Å². The predicted molar refractivity (Wildman–Crippen MR) is 111 cm³/mol. The van der Waals surface area contributed by atoms with Crippen LogP contribution < -0.4 is 10.6 Å². The molecule has 0 saturated carbocycles. The normalized spacial score (nSPS) is 12.2. The average Bonchev–Trinajstić information content (AvgIpc) is 3.27. The molecule has 0 unspecified atom stereocenters. The Kier molecular flexibility index (Phi) is 6.91. The van der Waals surface area contributed by atoms with Crippen molar-refractivity contribution in [3.63, 3.8) is 0 Å². The number of halogens is 1. The Hall–Kier alpha value is -3.10. The van der Waals surface area contributed by atoms with Gasteiger partial charge in [-0.3, -0.25) is 9.59 Å². The number of rotatable bonds is 7. The molecule has 1 atom stereocenters. The monoisotopic (exact) mass is 446 g/mol. The second-order valence-electron chi connectivity index (χ2n) is 6.35. The fourth-order valence-electron chi connectivity index (χ4n) is 2.78. The summed E-state index contributed by atoms with van der Waals surface area (Å²) in [6, 6.07) is 17.8. The maximum atomic E-state index is 13.0. The first-order chi connectivity index (χ1) is 14.4. The molecule has 156 valence electrons. The topological polar surface area (TPSA) is 105 Å². The summed E-state index contributed by atoms with van der Waals surface area (Å²) in [5, 5.41) is 4.11. The number of carbonyl (C=O) groups is 2. The lowest BCUT2D eigenvalue weighted by Gasteiger charge is -2.16. The quantitative estimate of drug-likeness (QED) is 0.543. The first kappa shape index (κ1) is 21.6. The van der Waals surface area contributed by atoms with Gasteiger partial charge in [0.15, 0.2) is 9.84 Å². The van der Waals surface area contributed by atoms with Gasteiger partial charge in [0.05, 0.1) is 11.2 Å². The van der Waals surface area contributed by atoms with Gasteiger partial charge in [-0.05, 0) is 35.9 Å². The van der Waals surface area contributed by atoms with E-state index in [1.165, 1.54) is 24.5 Å². The zero-order valence-corrected chi connectivity index (χ0v) is 17.3. The molecule has 0 fully saturated rings. The number of nitrogens with one attached hydrogen (secondary N) is 2. The van der Waals surface area contributed by atoms with Crippen molar-refractivity contribution in [3.8, 4) is 0 Å². The fraction of sp³-hybridized carbons (Fsp3) is 0.143. The lowest BCUT2D eigenvalue weighted by atomic mass is 10.2. The highest BCUT2D eigenvalue weighted by atomic mass is 35.5. The molecule has 1 aromatic heterocycles. The molecule has 2 amide bonds. The Morgan fingerprint density at radius 3 is 2.23 bits per heavy atom. The smallest absolute Gasteiger partial charge is 0.309 e. The molecule has 0 saturated heterocycles. The SMILES string of the molecule is O=C(NCc1ccccc1Cl)C(=O)NC[C@H](c1ccco1)S(=O)(=O)c1ccccc1. The number of benzene rings is 2. The Labute approximate surface area is 179 Å². The van der Waals surface area contributed by atoms with Gasteiger partial charge in [-0.25, -0.2) is 8.42 Å². The number of amides is 2. The Morgan fingerprint density at radius 2 is 1.57 bits per heavy atom. The zero-order chi connectivity index (χ0) is 21.6.